The molecule has 2 amide bonds. The van der Waals surface area contributed by atoms with Gasteiger partial charge in [-0.3, -0.25) is 0 Å². The molecule has 0 unspecified atom stereocenters. The van der Waals surface area contributed by atoms with Crippen molar-refractivity contribution in [2.24, 2.45) is 11.1 Å². The Balaban J connectivity index is 1.49. The van der Waals surface area contributed by atoms with Crippen molar-refractivity contribution in [1.29, 1.82) is 0 Å². The van der Waals surface area contributed by atoms with Crippen LogP contribution in [0.25, 0.3) is 0 Å². The van der Waals surface area contributed by atoms with Gasteiger partial charge in [-0.25, -0.2) is 13.6 Å². The number of nitrogens with one attached hydrogen (secondary N) is 2. The fraction of sp³-hybridized carbons (Fsp3) is 0.500. The number of rotatable bonds is 2. The summed E-state index contributed by atoms with van der Waals surface area (Å²) in [6.07, 6.45) is 3.92. The van der Waals surface area contributed by atoms with E-state index < -0.39 is 17.7 Å². The van der Waals surface area contributed by atoms with E-state index in [9.17, 15) is 13.6 Å². The molecule has 0 radical (unpaired) electrons. The highest BCUT2D eigenvalue weighted by Gasteiger charge is 2.52. The molecule has 4 N–H and O–H groups in total. The maximum absolute atomic E-state index is 13.4. The van der Waals surface area contributed by atoms with Gasteiger partial charge in [0.2, 0.25) is 0 Å². The molecule has 6 heteroatoms. The number of hydrogen-bond donors (Lipinski definition) is 3. The first kappa shape index (κ1) is 13.3. The van der Waals surface area contributed by atoms with E-state index in [2.05, 4.69) is 10.6 Å². The normalized spacial score (nSPS) is 31.4. The van der Waals surface area contributed by atoms with Crippen LogP contribution in [0.15, 0.2) is 18.2 Å². The molecule has 0 atom stereocenters. The molecule has 20 heavy (non-hydrogen) atoms. The first-order chi connectivity index (χ1) is 9.46. The van der Waals surface area contributed by atoms with Crippen LogP contribution in [0.1, 0.15) is 25.7 Å². The molecule has 0 bridgehead atoms. The molecule has 1 spiro atoms. The lowest BCUT2D eigenvalue weighted by Gasteiger charge is -2.56. The fourth-order valence-electron chi connectivity index (χ4n) is 3.41. The van der Waals surface area contributed by atoms with Crippen LogP contribution in [0, 0.1) is 17.0 Å². The molecular weight excluding hydrogens is 264 g/mol. The SMILES string of the molecule is NC1CC2(C1)CC(NC(=O)Nc1ccc(F)cc1F)C2. The van der Waals surface area contributed by atoms with Crippen molar-refractivity contribution in [3.05, 3.63) is 29.8 Å². The van der Waals surface area contributed by atoms with Crippen LogP contribution in [0.2, 0.25) is 0 Å². The van der Waals surface area contributed by atoms with Gasteiger partial charge in [0, 0.05) is 18.2 Å². The zero-order valence-electron chi connectivity index (χ0n) is 11.0. The number of halogens is 2. The van der Waals surface area contributed by atoms with E-state index in [1.54, 1.807) is 0 Å². The van der Waals surface area contributed by atoms with E-state index in [-0.39, 0.29) is 11.7 Å². The molecule has 4 nitrogen and oxygen atoms in total. The summed E-state index contributed by atoms with van der Waals surface area (Å²) in [6, 6.07) is 3.01. The van der Waals surface area contributed by atoms with E-state index in [1.807, 2.05) is 0 Å². The number of amides is 2. The van der Waals surface area contributed by atoms with E-state index in [0.717, 1.165) is 37.8 Å². The lowest BCUT2D eigenvalue weighted by molar-refractivity contribution is -0.0134. The zero-order chi connectivity index (χ0) is 14.3. The minimum Gasteiger partial charge on any atom is -0.335 e. The molecular formula is C14H17F2N3O. The number of carbonyl (C=O) groups excluding carboxylic acids is 1. The molecule has 0 aliphatic heterocycles. The molecule has 0 heterocycles. The Hall–Kier alpha value is -1.69. The van der Waals surface area contributed by atoms with Crippen LogP contribution in [-0.2, 0) is 0 Å². The number of nitrogens with two attached hydrogens (primary N) is 1. The Bertz CT molecular complexity index is 535. The predicted molar refractivity (Wildman–Crippen MR) is 71.2 cm³/mol. The van der Waals surface area contributed by atoms with Crippen molar-refractivity contribution in [2.45, 2.75) is 37.8 Å². The second-order valence-electron chi connectivity index (χ2n) is 6.00. The van der Waals surface area contributed by atoms with Crippen molar-refractivity contribution < 1.29 is 13.6 Å². The van der Waals surface area contributed by atoms with Crippen molar-refractivity contribution in [3.63, 3.8) is 0 Å². The Kier molecular flexibility index (Phi) is 3.12. The number of carbonyl (C=O) groups is 1. The average Bonchev–Trinajstić information content (AvgIpc) is 2.28. The molecule has 2 fully saturated rings. The summed E-state index contributed by atoms with van der Waals surface area (Å²) in [5.41, 5.74) is 6.08. The van der Waals surface area contributed by atoms with Gasteiger partial charge in [0.05, 0.1) is 5.69 Å². The summed E-state index contributed by atoms with van der Waals surface area (Å²) in [4.78, 5) is 11.7. The van der Waals surface area contributed by atoms with E-state index >= 15 is 0 Å². The second kappa shape index (κ2) is 4.70. The summed E-state index contributed by atoms with van der Waals surface area (Å²) in [7, 11) is 0. The minimum absolute atomic E-state index is 0.0244. The first-order valence-electron chi connectivity index (χ1n) is 6.74. The summed E-state index contributed by atoms with van der Waals surface area (Å²) in [5.74, 6) is -1.45. The van der Waals surface area contributed by atoms with Crippen LogP contribution in [0.4, 0.5) is 19.3 Å². The second-order valence-corrected chi connectivity index (χ2v) is 6.00. The molecule has 2 aliphatic carbocycles. The van der Waals surface area contributed by atoms with Crippen LogP contribution < -0.4 is 16.4 Å². The molecule has 3 rings (SSSR count). The van der Waals surface area contributed by atoms with E-state index in [0.29, 0.717) is 11.5 Å². The predicted octanol–water partition coefficient (Wildman–Crippen LogP) is 2.36. The van der Waals surface area contributed by atoms with Gasteiger partial charge in [0.25, 0.3) is 0 Å². The zero-order valence-corrected chi connectivity index (χ0v) is 11.0. The Morgan fingerprint density at radius 1 is 1.25 bits per heavy atom. The molecule has 108 valence electrons. The van der Waals surface area contributed by atoms with E-state index in [1.165, 1.54) is 6.07 Å². The third kappa shape index (κ3) is 2.47. The number of benzene rings is 1. The maximum Gasteiger partial charge on any atom is 0.319 e. The van der Waals surface area contributed by atoms with Gasteiger partial charge in [-0.2, -0.15) is 0 Å². The van der Waals surface area contributed by atoms with Gasteiger partial charge in [-0.05, 0) is 43.2 Å². The molecule has 2 aliphatic rings. The quantitative estimate of drug-likeness (QED) is 0.779. The molecule has 2 saturated carbocycles. The Morgan fingerprint density at radius 3 is 2.55 bits per heavy atom. The highest BCUT2D eigenvalue weighted by atomic mass is 19.1. The largest absolute Gasteiger partial charge is 0.335 e. The average molecular weight is 281 g/mol. The van der Waals surface area contributed by atoms with Crippen molar-refractivity contribution in [2.75, 3.05) is 5.32 Å². The van der Waals surface area contributed by atoms with Gasteiger partial charge in [0.15, 0.2) is 0 Å². The maximum atomic E-state index is 13.4. The minimum atomic E-state index is -0.782. The van der Waals surface area contributed by atoms with Gasteiger partial charge >= 0.3 is 6.03 Å². The Morgan fingerprint density at radius 2 is 1.95 bits per heavy atom. The van der Waals surface area contributed by atoms with Crippen LogP contribution >= 0.6 is 0 Å². The number of hydrogen-bond acceptors (Lipinski definition) is 2. The summed E-state index contributed by atoms with van der Waals surface area (Å²) >= 11 is 0. The molecule has 0 saturated heterocycles. The van der Waals surface area contributed by atoms with Crippen LogP contribution in [-0.4, -0.2) is 18.1 Å². The summed E-state index contributed by atoms with van der Waals surface area (Å²) < 4.78 is 26.1. The standard InChI is InChI=1S/C14H17F2N3O/c15-8-1-2-12(11(16)3-8)19-13(20)18-10-6-14(7-10)4-9(17)5-14/h1-3,9-10H,4-7,17H2,(H2,18,19,20). The highest BCUT2D eigenvalue weighted by molar-refractivity contribution is 5.89. The molecule has 0 aromatic heterocycles. The third-order valence-electron chi connectivity index (χ3n) is 4.26. The first-order valence-corrected chi connectivity index (χ1v) is 6.74. The lowest BCUT2D eigenvalue weighted by Crippen LogP contribution is -2.60. The summed E-state index contributed by atoms with van der Waals surface area (Å²) in [5, 5.41) is 5.19. The van der Waals surface area contributed by atoms with Gasteiger partial charge in [-0.15, -0.1) is 0 Å². The number of urea groups is 1. The molecule has 1 aromatic rings. The number of anilines is 1. The highest BCUT2D eigenvalue weighted by Crippen LogP contribution is 2.55. The van der Waals surface area contributed by atoms with Gasteiger partial charge in [-0.1, -0.05) is 0 Å². The van der Waals surface area contributed by atoms with Gasteiger partial charge in [0.1, 0.15) is 11.6 Å². The van der Waals surface area contributed by atoms with Crippen molar-refractivity contribution in [3.8, 4) is 0 Å². The van der Waals surface area contributed by atoms with Gasteiger partial charge < -0.3 is 16.4 Å². The lowest BCUT2D eigenvalue weighted by atomic mass is 9.52. The smallest absolute Gasteiger partial charge is 0.319 e. The van der Waals surface area contributed by atoms with Crippen LogP contribution in [0.3, 0.4) is 0 Å². The van der Waals surface area contributed by atoms with Crippen molar-refractivity contribution in [1.82, 2.24) is 5.32 Å². The topological polar surface area (TPSA) is 67.1 Å². The summed E-state index contributed by atoms with van der Waals surface area (Å²) in [6.45, 7) is 0. The third-order valence-corrected chi connectivity index (χ3v) is 4.26. The monoisotopic (exact) mass is 281 g/mol. The Labute approximate surface area is 115 Å². The fourth-order valence-corrected chi connectivity index (χ4v) is 3.41. The molecule has 1 aromatic carbocycles. The van der Waals surface area contributed by atoms with Crippen LogP contribution in [0.5, 0.6) is 0 Å². The van der Waals surface area contributed by atoms with E-state index in [4.69, 9.17) is 5.73 Å². The van der Waals surface area contributed by atoms with Crippen molar-refractivity contribution >= 4 is 11.7 Å².